The van der Waals surface area contributed by atoms with Gasteiger partial charge >= 0.3 is 0 Å². The van der Waals surface area contributed by atoms with E-state index in [1.54, 1.807) is 23.1 Å². The molecule has 1 aliphatic heterocycles. The van der Waals surface area contributed by atoms with Crippen LogP contribution in [0.1, 0.15) is 24.2 Å². The van der Waals surface area contributed by atoms with Crippen LogP contribution >= 0.6 is 23.2 Å². The number of benzene rings is 1. The number of nitrogens with zero attached hydrogens (tertiary/aromatic N) is 3. The second kappa shape index (κ2) is 6.33. The summed E-state index contributed by atoms with van der Waals surface area (Å²) in [6.07, 6.45) is 0. The van der Waals surface area contributed by atoms with E-state index in [1.807, 2.05) is 6.92 Å². The Balaban J connectivity index is 1.71. The van der Waals surface area contributed by atoms with Crippen LogP contribution in [-0.4, -0.2) is 27.4 Å². The summed E-state index contributed by atoms with van der Waals surface area (Å²) in [5.74, 6) is 0.560. The third-order valence-electron chi connectivity index (χ3n) is 3.85. The normalized spacial score (nSPS) is 16.1. The summed E-state index contributed by atoms with van der Waals surface area (Å²) in [6.45, 7) is 2.01. The molecule has 1 unspecified atom stereocenters. The van der Waals surface area contributed by atoms with Crippen LogP contribution in [0.2, 0.25) is 10.0 Å². The smallest absolute Gasteiger partial charge is 0.261 e. The van der Waals surface area contributed by atoms with Crippen LogP contribution in [0.5, 0.6) is 5.75 Å². The summed E-state index contributed by atoms with van der Waals surface area (Å²) in [5.41, 5.74) is 12.9. The molecule has 126 valence electrons. The highest BCUT2D eigenvalue weighted by Crippen LogP contribution is 2.35. The maximum atomic E-state index is 12.5. The third-order valence-corrected chi connectivity index (χ3v) is 4.38. The van der Waals surface area contributed by atoms with Crippen molar-refractivity contribution in [1.82, 2.24) is 14.9 Å². The van der Waals surface area contributed by atoms with E-state index < -0.39 is 0 Å². The Morgan fingerprint density at radius 3 is 2.83 bits per heavy atom. The van der Waals surface area contributed by atoms with Gasteiger partial charge in [0.2, 0.25) is 5.95 Å². The molecule has 7 nitrogen and oxygen atoms in total. The molecule has 0 bridgehead atoms. The molecular formula is C15H15Cl2N5O2. The summed E-state index contributed by atoms with van der Waals surface area (Å²) in [4.78, 5) is 22.2. The van der Waals surface area contributed by atoms with Gasteiger partial charge in [-0.3, -0.25) is 4.79 Å². The molecule has 24 heavy (non-hydrogen) atoms. The summed E-state index contributed by atoms with van der Waals surface area (Å²) in [7, 11) is 0. The number of halogens is 2. The minimum absolute atomic E-state index is 0.0941. The van der Waals surface area contributed by atoms with E-state index in [-0.39, 0.29) is 24.5 Å². The predicted molar refractivity (Wildman–Crippen MR) is 91.8 cm³/mol. The molecular weight excluding hydrogens is 353 g/mol. The van der Waals surface area contributed by atoms with E-state index in [0.717, 1.165) is 5.56 Å². The van der Waals surface area contributed by atoms with Gasteiger partial charge in [0.1, 0.15) is 11.6 Å². The number of aromatic nitrogens is 2. The van der Waals surface area contributed by atoms with E-state index in [9.17, 15) is 4.79 Å². The van der Waals surface area contributed by atoms with Crippen LogP contribution in [0, 0.1) is 0 Å². The van der Waals surface area contributed by atoms with Gasteiger partial charge in [0.25, 0.3) is 5.91 Å². The number of nitrogens with two attached hydrogens (primary N) is 2. The number of fused-ring (bicyclic) bond motifs is 1. The first-order valence-electron chi connectivity index (χ1n) is 7.16. The number of amides is 1. The van der Waals surface area contributed by atoms with Gasteiger partial charge in [-0.1, -0.05) is 23.2 Å². The van der Waals surface area contributed by atoms with Gasteiger partial charge in [-0.05, 0) is 25.1 Å². The number of ether oxygens (including phenoxy) is 1. The van der Waals surface area contributed by atoms with Gasteiger partial charge in [-0.2, -0.15) is 4.98 Å². The molecule has 4 N–H and O–H groups in total. The predicted octanol–water partition coefficient (Wildman–Crippen LogP) is 2.43. The van der Waals surface area contributed by atoms with Crippen molar-refractivity contribution in [1.29, 1.82) is 0 Å². The molecule has 0 saturated carbocycles. The Bertz CT molecular complexity index is 815. The molecule has 0 spiro atoms. The Kier molecular flexibility index (Phi) is 4.38. The van der Waals surface area contributed by atoms with Crippen molar-refractivity contribution >= 4 is 40.9 Å². The van der Waals surface area contributed by atoms with Crippen LogP contribution in [-0.2, 0) is 11.3 Å². The van der Waals surface area contributed by atoms with Crippen LogP contribution < -0.4 is 16.2 Å². The van der Waals surface area contributed by atoms with Crippen LogP contribution in [0.15, 0.2) is 18.2 Å². The zero-order chi connectivity index (χ0) is 17.4. The van der Waals surface area contributed by atoms with Crippen LogP contribution in [0.3, 0.4) is 0 Å². The molecule has 1 aliphatic rings. The van der Waals surface area contributed by atoms with E-state index >= 15 is 0 Å². The number of carbonyl (C=O) groups is 1. The molecule has 0 fully saturated rings. The van der Waals surface area contributed by atoms with E-state index in [1.165, 1.54) is 0 Å². The number of hydrogen-bond acceptors (Lipinski definition) is 6. The van der Waals surface area contributed by atoms with Crippen molar-refractivity contribution in [3.63, 3.8) is 0 Å². The fourth-order valence-electron chi connectivity index (χ4n) is 2.62. The van der Waals surface area contributed by atoms with Gasteiger partial charge in [0.15, 0.2) is 6.61 Å². The van der Waals surface area contributed by atoms with E-state index in [4.69, 9.17) is 39.4 Å². The Labute approximate surface area is 148 Å². The molecule has 0 saturated heterocycles. The number of anilines is 2. The van der Waals surface area contributed by atoms with Gasteiger partial charge in [0, 0.05) is 10.6 Å². The highest BCUT2D eigenvalue weighted by molar-refractivity contribution is 6.35. The Hall–Kier alpha value is -2.25. The van der Waals surface area contributed by atoms with Gasteiger partial charge in [-0.25, -0.2) is 4.98 Å². The minimum atomic E-state index is -0.260. The summed E-state index contributed by atoms with van der Waals surface area (Å²) < 4.78 is 5.49. The number of rotatable bonds is 3. The number of hydrogen-bond donors (Lipinski definition) is 2. The Morgan fingerprint density at radius 1 is 1.38 bits per heavy atom. The minimum Gasteiger partial charge on any atom is -0.482 e. The van der Waals surface area contributed by atoms with Crippen molar-refractivity contribution in [3.8, 4) is 5.75 Å². The van der Waals surface area contributed by atoms with Gasteiger partial charge < -0.3 is 21.1 Å². The standard InChI is InChI=1S/C15H15Cl2N5O2/c1-7-13-9(14(18)21-15(19)20-13)5-22(7)12(23)6-24-11-3-2-8(16)4-10(11)17/h2-4,7H,5-6H2,1H3,(H4,18,19,20,21). The maximum Gasteiger partial charge on any atom is 0.261 e. The average Bonchev–Trinajstić information content (AvgIpc) is 2.84. The monoisotopic (exact) mass is 367 g/mol. The molecule has 0 aliphatic carbocycles. The van der Waals surface area contributed by atoms with Crippen molar-refractivity contribution in [3.05, 3.63) is 39.5 Å². The summed E-state index contributed by atoms with van der Waals surface area (Å²) >= 11 is 11.9. The Morgan fingerprint density at radius 2 is 2.12 bits per heavy atom. The van der Waals surface area contributed by atoms with Crippen molar-refractivity contribution in [2.75, 3.05) is 18.1 Å². The average molecular weight is 368 g/mol. The highest BCUT2D eigenvalue weighted by atomic mass is 35.5. The van der Waals surface area contributed by atoms with Crippen molar-refractivity contribution in [2.45, 2.75) is 19.5 Å². The highest BCUT2D eigenvalue weighted by Gasteiger charge is 2.34. The third kappa shape index (κ3) is 3.05. The van der Waals surface area contributed by atoms with Crippen LogP contribution in [0.25, 0.3) is 0 Å². The summed E-state index contributed by atoms with van der Waals surface area (Å²) in [5, 5.41) is 0.838. The molecule has 1 aromatic carbocycles. The topological polar surface area (TPSA) is 107 Å². The van der Waals surface area contributed by atoms with Crippen LogP contribution in [0.4, 0.5) is 11.8 Å². The molecule has 9 heteroatoms. The quantitative estimate of drug-likeness (QED) is 0.862. The zero-order valence-electron chi connectivity index (χ0n) is 12.8. The van der Waals surface area contributed by atoms with Crippen molar-refractivity contribution in [2.24, 2.45) is 0 Å². The fourth-order valence-corrected chi connectivity index (χ4v) is 3.08. The lowest BCUT2D eigenvalue weighted by Gasteiger charge is -2.21. The van der Waals surface area contributed by atoms with Gasteiger partial charge in [0.05, 0.1) is 23.3 Å². The lowest BCUT2D eigenvalue weighted by Crippen LogP contribution is -2.32. The van der Waals surface area contributed by atoms with E-state index in [0.29, 0.717) is 33.9 Å². The molecule has 0 radical (unpaired) electrons. The number of nitrogen functional groups attached to an aromatic ring is 2. The number of carbonyl (C=O) groups excluding carboxylic acids is 1. The first kappa shape index (κ1) is 16.6. The van der Waals surface area contributed by atoms with E-state index in [2.05, 4.69) is 9.97 Å². The van der Waals surface area contributed by atoms with Crippen molar-refractivity contribution < 1.29 is 9.53 Å². The SMILES string of the molecule is CC1c2nc(N)nc(N)c2CN1C(=O)COc1ccc(Cl)cc1Cl. The maximum absolute atomic E-state index is 12.5. The van der Waals surface area contributed by atoms with Gasteiger partial charge in [-0.15, -0.1) is 0 Å². The molecule has 2 heterocycles. The summed E-state index contributed by atoms with van der Waals surface area (Å²) in [6, 6.07) is 4.55. The second-order valence-electron chi connectivity index (χ2n) is 5.39. The fraction of sp³-hybridized carbons (Fsp3) is 0.267. The molecule has 1 aromatic heterocycles. The largest absolute Gasteiger partial charge is 0.482 e. The first-order valence-corrected chi connectivity index (χ1v) is 7.91. The second-order valence-corrected chi connectivity index (χ2v) is 6.24. The lowest BCUT2D eigenvalue weighted by molar-refractivity contribution is -0.135. The lowest BCUT2D eigenvalue weighted by atomic mass is 10.2. The zero-order valence-corrected chi connectivity index (χ0v) is 14.3. The molecule has 2 aromatic rings. The molecule has 1 atom stereocenters. The molecule has 1 amide bonds. The first-order chi connectivity index (χ1) is 11.4. The molecule has 3 rings (SSSR count).